The maximum absolute atomic E-state index is 11.9. The van der Waals surface area contributed by atoms with Gasteiger partial charge in [-0.2, -0.15) is 5.10 Å². The molecule has 0 spiro atoms. The van der Waals surface area contributed by atoms with Gasteiger partial charge in [0.25, 0.3) is 0 Å². The first-order valence-corrected chi connectivity index (χ1v) is 8.91. The number of aromatic carboxylic acids is 1. The number of hydrogen-bond acceptors (Lipinski definition) is 4. The van der Waals surface area contributed by atoms with E-state index in [2.05, 4.69) is 15.7 Å². The predicted octanol–water partition coefficient (Wildman–Crippen LogP) is 1.88. The van der Waals surface area contributed by atoms with Crippen molar-refractivity contribution < 1.29 is 19.5 Å². The number of hydrogen-bond donors (Lipinski definition) is 3. The number of carboxylic acid groups (broad SMARTS) is 1. The molecule has 1 aromatic heterocycles. The second kappa shape index (κ2) is 10.1. The normalized spacial score (nSPS) is 10.4. The fourth-order valence-electron chi connectivity index (χ4n) is 2.44. The van der Waals surface area contributed by atoms with Crippen molar-refractivity contribution in [3.8, 4) is 5.69 Å². The Hall–Kier alpha value is -3.16. The zero-order valence-electron chi connectivity index (χ0n) is 15.3. The molecule has 1 heterocycles. The Kier molecular flexibility index (Phi) is 7.54. The summed E-state index contributed by atoms with van der Waals surface area (Å²) in [6.45, 7) is 2.99. The van der Waals surface area contributed by atoms with Crippen LogP contribution in [0.3, 0.4) is 0 Å². The van der Waals surface area contributed by atoms with Crippen molar-refractivity contribution >= 4 is 17.8 Å². The summed E-state index contributed by atoms with van der Waals surface area (Å²) in [7, 11) is 0. The molecule has 1 aromatic carbocycles. The molecule has 2 rings (SSSR count). The van der Waals surface area contributed by atoms with E-state index < -0.39 is 5.97 Å². The molecule has 0 saturated heterocycles. The van der Waals surface area contributed by atoms with Gasteiger partial charge in [-0.3, -0.25) is 9.59 Å². The largest absolute Gasteiger partial charge is 0.476 e. The lowest BCUT2D eigenvalue weighted by Crippen LogP contribution is -2.25. The van der Waals surface area contributed by atoms with E-state index in [9.17, 15) is 14.4 Å². The minimum absolute atomic E-state index is 0.0303. The van der Waals surface area contributed by atoms with Gasteiger partial charge in [-0.15, -0.1) is 0 Å². The first kappa shape index (κ1) is 20.2. The summed E-state index contributed by atoms with van der Waals surface area (Å²) in [5, 5.41) is 18.5. The van der Waals surface area contributed by atoms with Crippen LogP contribution in [0.4, 0.5) is 0 Å². The molecule has 0 unspecified atom stereocenters. The summed E-state index contributed by atoms with van der Waals surface area (Å²) >= 11 is 0. The standard InChI is InChI=1S/C19H24N4O4/c1-2-10-20-17(24)7-4-8-18(25)21-13-14-5-3-6-15(12-14)23-11-9-16(22-23)19(26)27/h3,5-6,9,11-12H,2,4,7-8,10,13H2,1H3,(H,20,24)(H,21,25)(H,26,27). The molecule has 0 aliphatic heterocycles. The molecule has 0 atom stereocenters. The topological polar surface area (TPSA) is 113 Å². The average molecular weight is 372 g/mol. The molecule has 3 N–H and O–H groups in total. The van der Waals surface area contributed by atoms with Crippen molar-refractivity contribution in [1.29, 1.82) is 0 Å². The number of aromatic nitrogens is 2. The SMILES string of the molecule is CCCNC(=O)CCCC(=O)NCc1cccc(-n2ccc(C(=O)O)n2)c1. The maximum Gasteiger partial charge on any atom is 0.356 e. The van der Waals surface area contributed by atoms with Gasteiger partial charge in [0.15, 0.2) is 5.69 Å². The maximum atomic E-state index is 11.9. The third-order valence-corrected chi connectivity index (χ3v) is 3.85. The van der Waals surface area contributed by atoms with Crippen LogP contribution in [0.5, 0.6) is 0 Å². The summed E-state index contributed by atoms with van der Waals surface area (Å²) < 4.78 is 1.48. The zero-order valence-corrected chi connectivity index (χ0v) is 15.3. The minimum atomic E-state index is -1.08. The van der Waals surface area contributed by atoms with E-state index >= 15 is 0 Å². The fourth-order valence-corrected chi connectivity index (χ4v) is 2.44. The molecule has 0 aliphatic carbocycles. The predicted molar refractivity (Wildman–Crippen MR) is 99.5 cm³/mol. The Morgan fingerprint density at radius 2 is 1.85 bits per heavy atom. The Morgan fingerprint density at radius 1 is 1.11 bits per heavy atom. The van der Waals surface area contributed by atoms with Crippen molar-refractivity contribution in [2.24, 2.45) is 0 Å². The lowest BCUT2D eigenvalue weighted by atomic mass is 10.2. The second-order valence-corrected chi connectivity index (χ2v) is 6.10. The molecule has 0 radical (unpaired) electrons. The van der Waals surface area contributed by atoms with Crippen LogP contribution in [0, 0.1) is 0 Å². The van der Waals surface area contributed by atoms with Gasteiger partial charge < -0.3 is 15.7 Å². The van der Waals surface area contributed by atoms with Crippen molar-refractivity contribution in [2.75, 3.05) is 6.54 Å². The molecule has 0 fully saturated rings. The first-order chi connectivity index (χ1) is 13.0. The van der Waals surface area contributed by atoms with Crippen LogP contribution in [-0.4, -0.2) is 39.2 Å². The van der Waals surface area contributed by atoms with Crippen LogP contribution in [0.15, 0.2) is 36.5 Å². The summed E-state index contributed by atoms with van der Waals surface area (Å²) in [5.41, 5.74) is 1.55. The highest BCUT2D eigenvalue weighted by atomic mass is 16.4. The van der Waals surface area contributed by atoms with Crippen molar-refractivity contribution in [3.63, 3.8) is 0 Å². The second-order valence-electron chi connectivity index (χ2n) is 6.10. The third kappa shape index (κ3) is 6.58. The molecule has 27 heavy (non-hydrogen) atoms. The molecule has 2 aromatic rings. The number of benzene rings is 1. The summed E-state index contributed by atoms with van der Waals surface area (Å²) in [5.74, 6) is -1.23. The highest BCUT2D eigenvalue weighted by Gasteiger charge is 2.09. The first-order valence-electron chi connectivity index (χ1n) is 8.91. The van der Waals surface area contributed by atoms with Gasteiger partial charge >= 0.3 is 5.97 Å². The van der Waals surface area contributed by atoms with E-state index in [1.165, 1.54) is 10.7 Å². The van der Waals surface area contributed by atoms with Gasteiger partial charge in [0, 0.05) is 32.1 Å². The highest BCUT2D eigenvalue weighted by Crippen LogP contribution is 2.11. The smallest absolute Gasteiger partial charge is 0.356 e. The molecular formula is C19H24N4O4. The summed E-state index contributed by atoms with van der Waals surface area (Å²) in [6, 6.07) is 8.74. The van der Waals surface area contributed by atoms with Gasteiger partial charge in [0.2, 0.25) is 11.8 Å². The zero-order chi connectivity index (χ0) is 19.6. The number of carboxylic acids is 1. The number of carbonyl (C=O) groups is 3. The van der Waals surface area contributed by atoms with E-state index in [1.807, 2.05) is 25.1 Å². The van der Waals surface area contributed by atoms with Crippen LogP contribution in [-0.2, 0) is 16.1 Å². The number of amides is 2. The fraction of sp³-hybridized carbons (Fsp3) is 0.368. The lowest BCUT2D eigenvalue weighted by molar-refractivity contribution is -0.122. The van der Waals surface area contributed by atoms with E-state index in [1.54, 1.807) is 12.3 Å². The molecular weight excluding hydrogens is 348 g/mol. The number of rotatable bonds is 10. The van der Waals surface area contributed by atoms with E-state index in [0.29, 0.717) is 38.0 Å². The summed E-state index contributed by atoms with van der Waals surface area (Å²) in [4.78, 5) is 34.3. The van der Waals surface area contributed by atoms with Crippen LogP contribution in [0.25, 0.3) is 5.69 Å². The number of nitrogens with one attached hydrogen (secondary N) is 2. The highest BCUT2D eigenvalue weighted by molar-refractivity contribution is 5.85. The minimum Gasteiger partial charge on any atom is -0.476 e. The average Bonchev–Trinajstić information content (AvgIpc) is 3.15. The molecule has 0 aliphatic rings. The van der Waals surface area contributed by atoms with Crippen molar-refractivity contribution in [1.82, 2.24) is 20.4 Å². The van der Waals surface area contributed by atoms with E-state index in [-0.39, 0.29) is 17.5 Å². The van der Waals surface area contributed by atoms with Crippen molar-refractivity contribution in [2.45, 2.75) is 39.2 Å². The van der Waals surface area contributed by atoms with E-state index in [0.717, 1.165) is 12.0 Å². The van der Waals surface area contributed by atoms with Gasteiger partial charge in [0.05, 0.1) is 5.69 Å². The quantitative estimate of drug-likeness (QED) is 0.589. The van der Waals surface area contributed by atoms with Crippen LogP contribution < -0.4 is 10.6 Å². The number of nitrogens with zero attached hydrogens (tertiary/aromatic N) is 2. The monoisotopic (exact) mass is 372 g/mol. The van der Waals surface area contributed by atoms with Gasteiger partial charge in [-0.25, -0.2) is 9.48 Å². The van der Waals surface area contributed by atoms with Gasteiger partial charge in [-0.1, -0.05) is 19.1 Å². The lowest BCUT2D eigenvalue weighted by Gasteiger charge is -2.08. The van der Waals surface area contributed by atoms with Gasteiger partial charge in [-0.05, 0) is 36.6 Å². The Bertz CT molecular complexity index is 801. The van der Waals surface area contributed by atoms with Crippen LogP contribution >= 0.6 is 0 Å². The Morgan fingerprint density at radius 3 is 2.52 bits per heavy atom. The van der Waals surface area contributed by atoms with E-state index in [4.69, 9.17) is 5.11 Å². The van der Waals surface area contributed by atoms with Crippen LogP contribution in [0.1, 0.15) is 48.7 Å². The molecule has 0 saturated carbocycles. The molecule has 0 bridgehead atoms. The summed E-state index contributed by atoms with van der Waals surface area (Å²) in [6.07, 6.45) is 3.60. The molecule has 2 amide bonds. The Labute approximate surface area is 157 Å². The molecule has 8 heteroatoms. The van der Waals surface area contributed by atoms with Gasteiger partial charge in [0.1, 0.15) is 0 Å². The van der Waals surface area contributed by atoms with Crippen LogP contribution in [0.2, 0.25) is 0 Å². The molecule has 8 nitrogen and oxygen atoms in total. The molecule has 144 valence electrons. The Balaban J connectivity index is 1.81. The third-order valence-electron chi connectivity index (χ3n) is 3.85. The van der Waals surface area contributed by atoms with Crippen molar-refractivity contribution in [3.05, 3.63) is 47.8 Å². The number of carbonyl (C=O) groups excluding carboxylic acids is 2.